The topological polar surface area (TPSA) is 123 Å². The number of amides is 1. The van der Waals surface area contributed by atoms with Gasteiger partial charge in [-0.3, -0.25) is 14.5 Å². The number of primary sulfonamides is 1. The molecular formula is C15H21N5O3S2. The van der Waals surface area contributed by atoms with E-state index in [1.807, 2.05) is 6.92 Å². The van der Waals surface area contributed by atoms with Crippen LogP contribution < -0.4 is 10.5 Å². The summed E-state index contributed by atoms with van der Waals surface area (Å²) in [6.45, 7) is 2.58. The number of aryl methyl sites for hydroxylation is 1. The minimum atomic E-state index is -3.69. The lowest BCUT2D eigenvalue weighted by Crippen LogP contribution is -2.30. The molecule has 0 aliphatic rings. The molecule has 0 unspecified atom stereocenters. The number of hydrogen-bond acceptors (Lipinski definition) is 5. The molecule has 1 heterocycles. The summed E-state index contributed by atoms with van der Waals surface area (Å²) in [5.41, 5.74) is 0.902. The molecule has 0 radical (unpaired) electrons. The van der Waals surface area contributed by atoms with Crippen molar-refractivity contribution < 1.29 is 13.2 Å². The predicted molar refractivity (Wildman–Crippen MR) is 95.9 cm³/mol. The number of carbonyl (C=O) groups is 1. The quantitative estimate of drug-likeness (QED) is 0.585. The minimum absolute atomic E-state index is 0.0677. The molecule has 1 aromatic carbocycles. The summed E-state index contributed by atoms with van der Waals surface area (Å²) in [4.78, 5) is 12.1. The standard InChI is InChI=1S/C15H21N5O3S2/c1-2-3-13-18-19-15(24)20(13)10-14(21)17-9-8-11-4-6-12(7-5-11)25(16,22)23/h4-7H,2-3,8-10H2,1H3,(H,17,21)(H,19,24)(H2,16,22,23). The van der Waals surface area contributed by atoms with E-state index in [0.29, 0.717) is 17.7 Å². The van der Waals surface area contributed by atoms with E-state index in [4.69, 9.17) is 17.4 Å². The van der Waals surface area contributed by atoms with Gasteiger partial charge in [-0.1, -0.05) is 19.1 Å². The smallest absolute Gasteiger partial charge is 0.240 e. The van der Waals surface area contributed by atoms with Crippen molar-refractivity contribution in [3.8, 4) is 0 Å². The molecule has 10 heteroatoms. The molecule has 136 valence electrons. The summed E-state index contributed by atoms with van der Waals surface area (Å²) < 4.78 is 24.5. The van der Waals surface area contributed by atoms with Gasteiger partial charge in [-0.25, -0.2) is 13.6 Å². The van der Waals surface area contributed by atoms with Crippen molar-refractivity contribution in [1.29, 1.82) is 0 Å². The van der Waals surface area contributed by atoms with Crippen LogP contribution in [0.3, 0.4) is 0 Å². The van der Waals surface area contributed by atoms with Gasteiger partial charge in [-0.05, 0) is 42.8 Å². The molecule has 8 nitrogen and oxygen atoms in total. The Morgan fingerprint density at radius 3 is 2.60 bits per heavy atom. The van der Waals surface area contributed by atoms with Crippen molar-refractivity contribution in [1.82, 2.24) is 20.1 Å². The minimum Gasteiger partial charge on any atom is -0.354 e. The normalized spacial score (nSPS) is 11.4. The van der Waals surface area contributed by atoms with Crippen LogP contribution in [0.5, 0.6) is 0 Å². The van der Waals surface area contributed by atoms with Gasteiger partial charge in [-0.15, -0.1) is 0 Å². The molecule has 0 aliphatic carbocycles. The summed E-state index contributed by atoms with van der Waals surface area (Å²) >= 11 is 5.14. The second kappa shape index (κ2) is 8.37. The molecule has 1 amide bonds. The third-order valence-corrected chi connectivity index (χ3v) is 4.84. The van der Waals surface area contributed by atoms with Gasteiger partial charge in [0.05, 0.1) is 4.90 Å². The van der Waals surface area contributed by atoms with Gasteiger partial charge >= 0.3 is 0 Å². The second-order valence-corrected chi connectivity index (χ2v) is 7.52. The van der Waals surface area contributed by atoms with Gasteiger partial charge in [0, 0.05) is 13.0 Å². The SMILES string of the molecule is CCCc1n[nH]c(=S)n1CC(=O)NCCc1ccc(S(N)(=O)=O)cc1. The Morgan fingerprint density at radius 1 is 1.32 bits per heavy atom. The molecule has 0 atom stereocenters. The zero-order valence-corrected chi connectivity index (χ0v) is 15.5. The van der Waals surface area contributed by atoms with Crippen molar-refractivity contribution in [2.75, 3.05) is 6.54 Å². The fourth-order valence-electron chi connectivity index (χ4n) is 2.32. The molecule has 2 rings (SSSR count). The number of nitrogens with zero attached hydrogens (tertiary/aromatic N) is 2. The summed E-state index contributed by atoms with van der Waals surface area (Å²) in [6.07, 6.45) is 2.24. The fraction of sp³-hybridized carbons (Fsp3) is 0.400. The molecule has 0 fully saturated rings. The number of nitrogens with two attached hydrogens (primary N) is 1. The van der Waals surface area contributed by atoms with Crippen LogP contribution in [0.25, 0.3) is 0 Å². The molecule has 0 bridgehead atoms. The average molecular weight is 383 g/mol. The van der Waals surface area contributed by atoms with Gasteiger partial charge in [-0.2, -0.15) is 5.10 Å². The lowest BCUT2D eigenvalue weighted by molar-refractivity contribution is -0.121. The highest BCUT2D eigenvalue weighted by Gasteiger charge is 2.10. The lowest BCUT2D eigenvalue weighted by Gasteiger charge is -2.08. The zero-order valence-electron chi connectivity index (χ0n) is 13.9. The first-order valence-corrected chi connectivity index (χ1v) is 9.79. The summed E-state index contributed by atoms with van der Waals surface area (Å²) in [6, 6.07) is 6.26. The number of hydrogen-bond donors (Lipinski definition) is 3. The molecule has 1 aromatic heterocycles. The maximum Gasteiger partial charge on any atom is 0.240 e. The molecule has 0 aliphatic heterocycles. The van der Waals surface area contributed by atoms with Crippen LogP contribution >= 0.6 is 12.2 Å². The Bertz CT molecular complexity index is 885. The number of benzene rings is 1. The Kier molecular flexibility index (Phi) is 6.45. The Labute approximate surface area is 151 Å². The van der Waals surface area contributed by atoms with Gasteiger partial charge < -0.3 is 5.32 Å². The monoisotopic (exact) mass is 383 g/mol. The van der Waals surface area contributed by atoms with Crippen LogP contribution in [0.15, 0.2) is 29.2 Å². The number of carbonyl (C=O) groups excluding carboxylic acids is 1. The highest BCUT2D eigenvalue weighted by atomic mass is 32.2. The number of H-pyrrole nitrogens is 1. The molecule has 2 aromatic rings. The van der Waals surface area contributed by atoms with E-state index in [9.17, 15) is 13.2 Å². The van der Waals surface area contributed by atoms with E-state index < -0.39 is 10.0 Å². The van der Waals surface area contributed by atoms with Crippen molar-refractivity contribution in [3.63, 3.8) is 0 Å². The summed E-state index contributed by atoms with van der Waals surface area (Å²) in [7, 11) is -3.69. The Morgan fingerprint density at radius 2 is 2.00 bits per heavy atom. The first-order chi connectivity index (χ1) is 11.8. The first kappa shape index (κ1) is 19.3. The molecule has 0 saturated heterocycles. The van der Waals surface area contributed by atoms with Gasteiger partial charge in [0.2, 0.25) is 15.9 Å². The first-order valence-electron chi connectivity index (χ1n) is 7.83. The van der Waals surface area contributed by atoms with E-state index >= 15 is 0 Å². The maximum absolute atomic E-state index is 12.1. The van der Waals surface area contributed by atoms with Crippen molar-refractivity contribution in [3.05, 3.63) is 40.4 Å². The summed E-state index contributed by atoms with van der Waals surface area (Å²) in [5.74, 6) is 0.609. The van der Waals surface area contributed by atoms with Gasteiger partial charge in [0.1, 0.15) is 12.4 Å². The molecule has 0 saturated carbocycles. The van der Waals surface area contributed by atoms with E-state index in [1.165, 1.54) is 12.1 Å². The average Bonchev–Trinajstić information content (AvgIpc) is 2.88. The van der Waals surface area contributed by atoms with E-state index in [2.05, 4.69) is 15.5 Å². The number of aromatic nitrogens is 3. The van der Waals surface area contributed by atoms with E-state index in [0.717, 1.165) is 24.2 Å². The van der Waals surface area contributed by atoms with Crippen LogP contribution in [-0.2, 0) is 34.2 Å². The van der Waals surface area contributed by atoms with Crippen molar-refractivity contribution >= 4 is 28.1 Å². The van der Waals surface area contributed by atoms with Gasteiger partial charge in [0.25, 0.3) is 0 Å². The summed E-state index contributed by atoms with van der Waals surface area (Å²) in [5, 5.41) is 14.7. The van der Waals surface area contributed by atoms with Gasteiger partial charge in [0.15, 0.2) is 4.77 Å². The van der Waals surface area contributed by atoms with E-state index in [1.54, 1.807) is 16.7 Å². The number of sulfonamides is 1. The molecule has 25 heavy (non-hydrogen) atoms. The Hall–Kier alpha value is -2.04. The van der Waals surface area contributed by atoms with Crippen LogP contribution in [-0.4, -0.2) is 35.6 Å². The molecule has 4 N–H and O–H groups in total. The zero-order chi connectivity index (χ0) is 18.4. The Balaban J connectivity index is 1.87. The number of nitrogens with one attached hydrogen (secondary N) is 2. The second-order valence-electron chi connectivity index (χ2n) is 5.57. The third kappa shape index (κ3) is 5.48. The van der Waals surface area contributed by atoms with Crippen molar-refractivity contribution in [2.45, 2.75) is 37.6 Å². The highest BCUT2D eigenvalue weighted by Crippen LogP contribution is 2.09. The predicted octanol–water partition coefficient (Wildman–Crippen LogP) is 0.899. The largest absolute Gasteiger partial charge is 0.354 e. The van der Waals surface area contributed by atoms with Crippen LogP contribution in [0, 0.1) is 4.77 Å². The fourth-order valence-corrected chi connectivity index (χ4v) is 3.05. The maximum atomic E-state index is 12.1. The van der Waals surface area contributed by atoms with Crippen LogP contribution in [0.4, 0.5) is 0 Å². The van der Waals surface area contributed by atoms with Crippen LogP contribution in [0.1, 0.15) is 24.7 Å². The van der Waals surface area contributed by atoms with E-state index in [-0.39, 0.29) is 17.3 Å². The van der Waals surface area contributed by atoms with Crippen molar-refractivity contribution in [2.24, 2.45) is 5.14 Å². The van der Waals surface area contributed by atoms with Crippen LogP contribution in [0.2, 0.25) is 0 Å². The lowest BCUT2D eigenvalue weighted by atomic mass is 10.1. The molecule has 0 spiro atoms. The molecular weight excluding hydrogens is 362 g/mol. The number of rotatable bonds is 8. The number of aromatic amines is 1. The third-order valence-electron chi connectivity index (χ3n) is 3.60. The highest BCUT2D eigenvalue weighted by molar-refractivity contribution is 7.89.